The van der Waals surface area contributed by atoms with E-state index >= 15 is 0 Å². The third-order valence-corrected chi connectivity index (χ3v) is 4.38. The van der Waals surface area contributed by atoms with Crippen molar-refractivity contribution in [1.82, 2.24) is 14.9 Å². The predicted molar refractivity (Wildman–Crippen MR) is 111 cm³/mol. The number of carbonyl (C=O) groups excluding carboxylic acids is 2. The molecule has 0 spiro atoms. The maximum atomic E-state index is 12.4. The summed E-state index contributed by atoms with van der Waals surface area (Å²) in [5.41, 5.74) is 2.12. The molecule has 0 radical (unpaired) electrons. The predicted octanol–water partition coefficient (Wildman–Crippen LogP) is 3.26. The largest absolute Gasteiger partial charge is 0.489 e. The van der Waals surface area contributed by atoms with E-state index in [-0.39, 0.29) is 18.2 Å². The summed E-state index contributed by atoms with van der Waals surface area (Å²) in [6.45, 7) is 2.93. The van der Waals surface area contributed by atoms with Crippen molar-refractivity contribution in [3.05, 3.63) is 90.0 Å². The van der Waals surface area contributed by atoms with Gasteiger partial charge in [-0.15, -0.1) is 0 Å². The SMILES string of the molecule is CCN(Cc1ccc(OCc2ccccc2)cc1)C(=O)COC(=O)c1cnccn1. The van der Waals surface area contributed by atoms with Crippen LogP contribution < -0.4 is 4.74 Å². The molecule has 3 rings (SSSR count). The molecular formula is C23H23N3O4. The van der Waals surface area contributed by atoms with E-state index in [1.165, 1.54) is 18.6 Å². The second kappa shape index (κ2) is 10.7. The molecule has 0 fully saturated rings. The molecule has 7 nitrogen and oxygen atoms in total. The molecule has 154 valence electrons. The van der Waals surface area contributed by atoms with Gasteiger partial charge in [0.1, 0.15) is 12.4 Å². The summed E-state index contributed by atoms with van der Waals surface area (Å²) in [5.74, 6) is -0.193. The zero-order valence-corrected chi connectivity index (χ0v) is 16.7. The molecule has 0 aliphatic rings. The van der Waals surface area contributed by atoms with Gasteiger partial charge in [-0.1, -0.05) is 42.5 Å². The lowest BCUT2D eigenvalue weighted by atomic mass is 10.2. The van der Waals surface area contributed by atoms with E-state index in [9.17, 15) is 9.59 Å². The van der Waals surface area contributed by atoms with E-state index in [2.05, 4.69) is 9.97 Å². The molecule has 1 heterocycles. The molecule has 2 aromatic carbocycles. The highest BCUT2D eigenvalue weighted by atomic mass is 16.5. The summed E-state index contributed by atoms with van der Waals surface area (Å²) in [5, 5.41) is 0. The van der Waals surface area contributed by atoms with E-state index in [1.54, 1.807) is 4.90 Å². The van der Waals surface area contributed by atoms with E-state index < -0.39 is 5.97 Å². The Morgan fingerprint density at radius 1 is 0.967 bits per heavy atom. The van der Waals surface area contributed by atoms with Crippen LogP contribution >= 0.6 is 0 Å². The first-order valence-electron chi connectivity index (χ1n) is 9.62. The fraction of sp³-hybridized carbons (Fsp3) is 0.217. The molecule has 3 aromatic rings. The number of rotatable bonds is 9. The Labute approximate surface area is 175 Å². The van der Waals surface area contributed by atoms with E-state index in [4.69, 9.17) is 9.47 Å². The third-order valence-electron chi connectivity index (χ3n) is 4.38. The Kier molecular flexibility index (Phi) is 7.49. The van der Waals surface area contributed by atoms with Crippen LogP contribution in [0.2, 0.25) is 0 Å². The van der Waals surface area contributed by atoms with Crippen molar-refractivity contribution in [2.24, 2.45) is 0 Å². The number of nitrogens with zero attached hydrogens (tertiary/aromatic N) is 3. The van der Waals surface area contributed by atoms with Gasteiger partial charge >= 0.3 is 5.97 Å². The zero-order valence-electron chi connectivity index (χ0n) is 16.7. The van der Waals surface area contributed by atoms with Gasteiger partial charge in [-0.2, -0.15) is 0 Å². The maximum absolute atomic E-state index is 12.4. The van der Waals surface area contributed by atoms with Gasteiger partial charge in [0, 0.05) is 25.5 Å². The van der Waals surface area contributed by atoms with Crippen molar-refractivity contribution in [3.63, 3.8) is 0 Å². The second-order valence-electron chi connectivity index (χ2n) is 6.49. The lowest BCUT2D eigenvalue weighted by Gasteiger charge is -2.21. The monoisotopic (exact) mass is 405 g/mol. The number of esters is 1. The Bertz CT molecular complexity index is 947. The van der Waals surface area contributed by atoms with Crippen molar-refractivity contribution in [3.8, 4) is 5.75 Å². The number of carbonyl (C=O) groups is 2. The van der Waals surface area contributed by atoms with Gasteiger partial charge in [-0.25, -0.2) is 9.78 Å². The van der Waals surface area contributed by atoms with E-state index in [0.717, 1.165) is 16.9 Å². The van der Waals surface area contributed by atoms with Gasteiger partial charge < -0.3 is 14.4 Å². The Hall–Kier alpha value is -3.74. The number of aromatic nitrogens is 2. The molecule has 0 aliphatic heterocycles. The first-order chi connectivity index (χ1) is 14.7. The van der Waals surface area contributed by atoms with Gasteiger partial charge in [-0.05, 0) is 30.2 Å². The van der Waals surface area contributed by atoms with Crippen LogP contribution in [0.4, 0.5) is 0 Å². The summed E-state index contributed by atoms with van der Waals surface area (Å²) in [7, 11) is 0. The van der Waals surface area contributed by atoms with Crippen LogP contribution in [0.3, 0.4) is 0 Å². The molecule has 0 atom stereocenters. The van der Waals surface area contributed by atoms with Gasteiger partial charge in [0.25, 0.3) is 5.91 Å². The summed E-state index contributed by atoms with van der Waals surface area (Å²) in [4.78, 5) is 33.6. The standard InChI is InChI=1S/C23H23N3O4/c1-2-26(22(27)17-30-23(28)21-14-24-12-13-25-21)15-18-8-10-20(11-9-18)29-16-19-6-4-3-5-7-19/h3-14H,2,15-17H2,1H3. The normalized spacial score (nSPS) is 10.3. The number of amides is 1. The molecular weight excluding hydrogens is 382 g/mol. The maximum Gasteiger partial charge on any atom is 0.359 e. The van der Waals surface area contributed by atoms with Crippen molar-refractivity contribution < 1.29 is 19.1 Å². The van der Waals surface area contributed by atoms with E-state index in [0.29, 0.717) is 19.7 Å². The van der Waals surface area contributed by atoms with Gasteiger partial charge in [0.15, 0.2) is 12.3 Å². The molecule has 0 N–H and O–H groups in total. The number of benzene rings is 2. The first kappa shape index (κ1) is 21.0. The quantitative estimate of drug-likeness (QED) is 0.508. The fourth-order valence-electron chi connectivity index (χ4n) is 2.73. The molecule has 7 heteroatoms. The van der Waals surface area contributed by atoms with Crippen molar-refractivity contribution >= 4 is 11.9 Å². The minimum atomic E-state index is -0.674. The van der Waals surface area contributed by atoms with Crippen LogP contribution in [0.25, 0.3) is 0 Å². The number of ether oxygens (including phenoxy) is 2. The average Bonchev–Trinajstić information content (AvgIpc) is 2.81. The molecule has 1 amide bonds. The number of likely N-dealkylation sites (N-methyl/N-ethyl adjacent to an activating group) is 1. The summed E-state index contributed by atoms with van der Waals surface area (Å²) in [6.07, 6.45) is 4.15. The molecule has 0 unspecified atom stereocenters. The van der Waals surface area contributed by atoms with Crippen LogP contribution in [0.5, 0.6) is 5.75 Å². The highest BCUT2D eigenvalue weighted by Gasteiger charge is 2.16. The molecule has 0 saturated heterocycles. The molecule has 1 aromatic heterocycles. The van der Waals surface area contributed by atoms with Crippen LogP contribution in [0, 0.1) is 0 Å². The van der Waals surface area contributed by atoms with Crippen LogP contribution in [-0.2, 0) is 22.7 Å². The molecule has 0 saturated carbocycles. The molecule has 0 aliphatic carbocycles. The Balaban J connectivity index is 1.49. The summed E-state index contributed by atoms with van der Waals surface area (Å²) in [6, 6.07) is 17.5. The molecule has 30 heavy (non-hydrogen) atoms. The average molecular weight is 405 g/mol. The highest BCUT2D eigenvalue weighted by molar-refractivity contribution is 5.89. The number of hydrogen-bond donors (Lipinski definition) is 0. The first-order valence-corrected chi connectivity index (χ1v) is 9.62. The van der Waals surface area contributed by atoms with Crippen LogP contribution in [0.1, 0.15) is 28.5 Å². The minimum Gasteiger partial charge on any atom is -0.489 e. The minimum absolute atomic E-state index is 0.0689. The Morgan fingerprint density at radius 2 is 1.73 bits per heavy atom. The van der Waals surface area contributed by atoms with Crippen LogP contribution in [-0.4, -0.2) is 39.9 Å². The second-order valence-corrected chi connectivity index (χ2v) is 6.49. The van der Waals surface area contributed by atoms with Crippen molar-refractivity contribution in [2.45, 2.75) is 20.1 Å². The lowest BCUT2D eigenvalue weighted by molar-refractivity contribution is -0.134. The van der Waals surface area contributed by atoms with Crippen molar-refractivity contribution in [1.29, 1.82) is 0 Å². The van der Waals surface area contributed by atoms with Gasteiger partial charge in [-0.3, -0.25) is 9.78 Å². The smallest absolute Gasteiger partial charge is 0.359 e. The summed E-state index contributed by atoms with van der Waals surface area (Å²) < 4.78 is 10.8. The highest BCUT2D eigenvalue weighted by Crippen LogP contribution is 2.15. The third kappa shape index (κ3) is 6.13. The topological polar surface area (TPSA) is 81.6 Å². The number of hydrogen-bond acceptors (Lipinski definition) is 6. The summed E-state index contributed by atoms with van der Waals surface area (Å²) >= 11 is 0. The van der Waals surface area contributed by atoms with Crippen molar-refractivity contribution in [2.75, 3.05) is 13.2 Å². The lowest BCUT2D eigenvalue weighted by Crippen LogP contribution is -2.34. The zero-order chi connectivity index (χ0) is 21.2. The Morgan fingerprint density at radius 3 is 2.40 bits per heavy atom. The fourth-order valence-corrected chi connectivity index (χ4v) is 2.73. The van der Waals surface area contributed by atoms with E-state index in [1.807, 2.05) is 61.5 Å². The van der Waals surface area contributed by atoms with Crippen LogP contribution in [0.15, 0.2) is 73.2 Å². The van der Waals surface area contributed by atoms with Gasteiger partial charge in [0.2, 0.25) is 0 Å². The van der Waals surface area contributed by atoms with Gasteiger partial charge in [0.05, 0.1) is 6.20 Å². The molecule has 0 bridgehead atoms.